The number of alkyl halides is 3. The first-order valence-corrected chi connectivity index (χ1v) is 10.0. The molecule has 0 amide bonds. The van der Waals surface area contributed by atoms with Crippen molar-refractivity contribution in [2.24, 2.45) is 5.73 Å². The highest BCUT2D eigenvalue weighted by Crippen LogP contribution is 2.25. The predicted molar refractivity (Wildman–Crippen MR) is 117 cm³/mol. The average Bonchev–Trinajstić information content (AvgIpc) is 3.43. The smallest absolute Gasteiger partial charge is 0.475 e. The highest BCUT2D eigenvalue weighted by molar-refractivity contribution is 5.83. The lowest BCUT2D eigenvalue weighted by atomic mass is 10.0. The lowest BCUT2D eigenvalue weighted by Gasteiger charge is -2.08. The lowest BCUT2D eigenvalue weighted by Crippen LogP contribution is -2.27. The molecule has 3 heterocycles. The Morgan fingerprint density at radius 3 is 2.44 bits per heavy atom. The maximum atomic E-state index is 12.8. The number of nitrogens with two attached hydrogens (primary N) is 1. The van der Waals surface area contributed by atoms with E-state index in [9.17, 15) is 26.7 Å². The molecule has 15 heteroatoms. The summed E-state index contributed by atoms with van der Waals surface area (Å²) in [5, 5.41) is 19.0. The number of aryl methyl sites for hydroxylation is 1. The van der Waals surface area contributed by atoms with Gasteiger partial charge >= 0.3 is 17.8 Å². The summed E-state index contributed by atoms with van der Waals surface area (Å²) in [4.78, 5) is 25.9. The number of fused-ring (bicyclic) bond motifs is 1. The maximum absolute atomic E-state index is 12.8. The number of rotatable bonds is 5. The molecule has 0 aliphatic heterocycles. The van der Waals surface area contributed by atoms with Crippen molar-refractivity contribution in [3.63, 3.8) is 0 Å². The van der Waals surface area contributed by atoms with Crippen molar-refractivity contribution in [3.05, 3.63) is 70.7 Å². The van der Waals surface area contributed by atoms with Crippen LogP contribution in [-0.4, -0.2) is 53.3 Å². The van der Waals surface area contributed by atoms with Gasteiger partial charge in [0.25, 0.3) is 6.08 Å². The molecule has 0 atom stereocenters. The van der Waals surface area contributed by atoms with Crippen LogP contribution in [-0.2, 0) is 11.3 Å². The molecule has 3 aromatic heterocycles. The second kappa shape index (κ2) is 10.5. The van der Waals surface area contributed by atoms with E-state index in [-0.39, 0.29) is 18.7 Å². The van der Waals surface area contributed by atoms with E-state index in [1.165, 1.54) is 10.9 Å². The maximum Gasteiger partial charge on any atom is 0.490 e. The average molecular weight is 511 g/mol. The van der Waals surface area contributed by atoms with Gasteiger partial charge in [-0.1, -0.05) is 12.1 Å². The summed E-state index contributed by atoms with van der Waals surface area (Å²) in [6.45, 7) is 1.09. The molecule has 10 nitrogen and oxygen atoms in total. The van der Waals surface area contributed by atoms with E-state index >= 15 is 0 Å². The summed E-state index contributed by atoms with van der Waals surface area (Å²) in [5.74, 6) is -2.38. The van der Waals surface area contributed by atoms with E-state index in [1.54, 1.807) is 12.4 Å². The van der Waals surface area contributed by atoms with Gasteiger partial charge in [0.2, 0.25) is 0 Å². The van der Waals surface area contributed by atoms with Gasteiger partial charge in [-0.2, -0.15) is 32.1 Å². The van der Waals surface area contributed by atoms with Gasteiger partial charge in [0, 0.05) is 29.3 Å². The molecule has 0 spiro atoms. The Bertz CT molecular complexity index is 1480. The van der Waals surface area contributed by atoms with Gasteiger partial charge in [0.15, 0.2) is 0 Å². The van der Waals surface area contributed by atoms with E-state index in [0.29, 0.717) is 5.82 Å². The van der Waals surface area contributed by atoms with E-state index in [1.807, 2.05) is 31.2 Å². The summed E-state index contributed by atoms with van der Waals surface area (Å²) in [6, 6.07) is 7.79. The number of hydrogen-bond acceptors (Lipinski definition) is 6. The number of pyridine rings is 1. The first-order valence-electron chi connectivity index (χ1n) is 10.0. The van der Waals surface area contributed by atoms with E-state index < -0.39 is 23.9 Å². The van der Waals surface area contributed by atoms with Crippen LogP contribution in [0.25, 0.3) is 27.8 Å². The van der Waals surface area contributed by atoms with Crippen molar-refractivity contribution in [1.29, 1.82) is 0 Å². The second-order valence-corrected chi connectivity index (χ2v) is 7.35. The third-order valence-corrected chi connectivity index (χ3v) is 4.88. The molecular weight excluding hydrogens is 493 g/mol. The minimum atomic E-state index is -5.08. The normalized spacial score (nSPS) is 11.2. The number of carboxylic acid groups (broad SMARTS) is 1. The summed E-state index contributed by atoms with van der Waals surface area (Å²) in [6.07, 6.45) is -2.33. The van der Waals surface area contributed by atoms with Crippen molar-refractivity contribution in [3.8, 4) is 16.9 Å². The van der Waals surface area contributed by atoms with Crippen molar-refractivity contribution in [2.45, 2.75) is 19.6 Å². The Morgan fingerprint density at radius 2 is 1.86 bits per heavy atom. The van der Waals surface area contributed by atoms with Gasteiger partial charge in [-0.3, -0.25) is 5.10 Å². The number of halogens is 5. The van der Waals surface area contributed by atoms with E-state index in [0.717, 1.165) is 32.3 Å². The number of carbonyl (C=O) groups is 1. The van der Waals surface area contributed by atoms with Gasteiger partial charge in [-0.25, -0.2) is 23.8 Å². The van der Waals surface area contributed by atoms with Crippen LogP contribution in [0.5, 0.6) is 0 Å². The third kappa shape index (κ3) is 5.80. The number of aliphatic carboxylic acids is 1. The number of aromatic amines is 1. The Labute approximate surface area is 198 Å². The highest BCUT2D eigenvalue weighted by atomic mass is 19.4. The molecule has 0 saturated carbocycles. The fraction of sp³-hybridized carbons (Fsp3) is 0.190. The van der Waals surface area contributed by atoms with E-state index in [4.69, 9.17) is 15.6 Å². The Hall–Kier alpha value is -4.40. The lowest BCUT2D eigenvalue weighted by molar-refractivity contribution is -0.192. The van der Waals surface area contributed by atoms with Gasteiger partial charge < -0.3 is 10.8 Å². The van der Waals surface area contributed by atoms with Crippen molar-refractivity contribution >= 4 is 16.9 Å². The van der Waals surface area contributed by atoms with Crippen LogP contribution >= 0.6 is 0 Å². The molecule has 1 aromatic carbocycles. The molecule has 0 radical (unpaired) electrons. The van der Waals surface area contributed by atoms with Crippen LogP contribution in [0, 0.1) is 6.92 Å². The van der Waals surface area contributed by atoms with Crippen LogP contribution < -0.4 is 11.4 Å². The van der Waals surface area contributed by atoms with Crippen molar-refractivity contribution < 1.29 is 31.9 Å². The number of aromatic nitrogens is 6. The minimum absolute atomic E-state index is 0.341. The second-order valence-electron chi connectivity index (χ2n) is 7.35. The molecule has 190 valence electrons. The summed E-state index contributed by atoms with van der Waals surface area (Å²) >= 11 is 0. The topological polar surface area (TPSA) is 145 Å². The number of nitrogens with zero attached hydrogens (tertiary/aromatic N) is 5. The molecule has 0 aliphatic carbocycles. The van der Waals surface area contributed by atoms with Crippen LogP contribution in [0.15, 0.2) is 59.4 Å². The van der Waals surface area contributed by atoms with Crippen LogP contribution in [0.2, 0.25) is 0 Å². The zero-order chi connectivity index (χ0) is 26.6. The Balaban J connectivity index is 0.000000454. The molecule has 0 unspecified atom stereocenters. The fourth-order valence-electron chi connectivity index (χ4n) is 3.07. The SMILES string of the molecule is Cc1cc(-c2ccc3cn[nH]c3c2)cnc1-n1cnn(CC(CN)=C(F)F)c1=O.O=C(O)C(F)(F)F. The van der Waals surface area contributed by atoms with Gasteiger partial charge in [0.1, 0.15) is 12.1 Å². The molecule has 0 fully saturated rings. The zero-order valence-electron chi connectivity index (χ0n) is 18.4. The van der Waals surface area contributed by atoms with Crippen LogP contribution in [0.1, 0.15) is 5.56 Å². The minimum Gasteiger partial charge on any atom is -0.475 e. The quantitative estimate of drug-likeness (QED) is 0.349. The summed E-state index contributed by atoms with van der Waals surface area (Å²) in [7, 11) is 0. The molecule has 36 heavy (non-hydrogen) atoms. The highest BCUT2D eigenvalue weighted by Gasteiger charge is 2.38. The summed E-state index contributed by atoms with van der Waals surface area (Å²) < 4.78 is 59.5. The van der Waals surface area contributed by atoms with Crippen LogP contribution in [0.4, 0.5) is 22.0 Å². The Kier molecular flexibility index (Phi) is 7.62. The molecule has 0 bridgehead atoms. The Morgan fingerprint density at radius 1 is 1.17 bits per heavy atom. The number of carboxylic acids is 1. The monoisotopic (exact) mass is 511 g/mol. The number of nitrogens with one attached hydrogen (secondary N) is 1. The van der Waals surface area contributed by atoms with Gasteiger partial charge in [-0.15, -0.1) is 0 Å². The molecular formula is C21H18F5N7O3. The van der Waals surface area contributed by atoms with Crippen LogP contribution in [0.3, 0.4) is 0 Å². The number of hydrogen-bond donors (Lipinski definition) is 3. The molecule has 4 rings (SSSR count). The first-order chi connectivity index (χ1) is 16.9. The summed E-state index contributed by atoms with van der Waals surface area (Å²) in [5.41, 5.74) is 7.86. The number of benzene rings is 1. The molecule has 4 N–H and O–H groups in total. The standard InChI is InChI=1S/C19H17F2N7O.C2HF3O2/c1-11-4-14(12-2-3-13-8-24-26-16(13)5-12)7-23-18(11)27-10-25-28(19(27)29)9-15(6-22)17(20)21;3-2(4,5)1(6)7/h2-5,7-8,10H,6,9,22H2,1H3,(H,24,26);(H,6,7). The van der Waals surface area contributed by atoms with Gasteiger partial charge in [0.05, 0.1) is 18.3 Å². The largest absolute Gasteiger partial charge is 0.490 e. The molecule has 4 aromatic rings. The van der Waals surface area contributed by atoms with E-state index in [2.05, 4.69) is 20.3 Å². The molecule has 0 saturated heterocycles. The fourth-order valence-corrected chi connectivity index (χ4v) is 3.07. The van der Waals surface area contributed by atoms with Gasteiger partial charge in [-0.05, 0) is 30.2 Å². The van der Waals surface area contributed by atoms with Crippen molar-refractivity contribution in [1.82, 2.24) is 29.5 Å². The first kappa shape index (κ1) is 26.2. The zero-order valence-corrected chi connectivity index (χ0v) is 18.4. The third-order valence-electron chi connectivity index (χ3n) is 4.88. The number of H-pyrrole nitrogens is 1. The molecule has 0 aliphatic rings. The predicted octanol–water partition coefficient (Wildman–Crippen LogP) is 3.02. The van der Waals surface area contributed by atoms with Crippen molar-refractivity contribution in [2.75, 3.05) is 6.54 Å².